The second-order valence-electron chi connectivity index (χ2n) is 4.66. The van der Waals surface area contributed by atoms with E-state index in [1.165, 1.54) is 25.7 Å². The first kappa shape index (κ1) is 9.47. The number of morpholine rings is 1. The number of hydrogen-bond donors (Lipinski definition) is 1. The highest BCUT2D eigenvalue weighted by atomic mass is 16.5. The zero-order chi connectivity index (χ0) is 9.10. The minimum Gasteiger partial charge on any atom is -0.379 e. The Kier molecular flexibility index (Phi) is 3.23. The minimum atomic E-state index is 0.654. The van der Waals surface area contributed by atoms with Crippen molar-refractivity contribution >= 4 is 0 Å². The maximum Gasteiger partial charge on any atom is 0.0622 e. The third kappa shape index (κ3) is 2.44. The van der Waals surface area contributed by atoms with Crippen LogP contribution in [0.5, 0.6) is 0 Å². The van der Waals surface area contributed by atoms with Crippen LogP contribution in [-0.2, 0) is 4.74 Å². The van der Waals surface area contributed by atoms with Crippen LogP contribution in [0.25, 0.3) is 0 Å². The van der Waals surface area contributed by atoms with E-state index in [0.29, 0.717) is 6.04 Å². The summed E-state index contributed by atoms with van der Waals surface area (Å²) in [7, 11) is 0. The van der Waals surface area contributed by atoms with Crippen LogP contribution in [0.1, 0.15) is 32.6 Å². The lowest BCUT2D eigenvalue weighted by molar-refractivity contribution is 0.0457. The van der Waals surface area contributed by atoms with Gasteiger partial charge in [0.05, 0.1) is 13.2 Å². The summed E-state index contributed by atoms with van der Waals surface area (Å²) < 4.78 is 5.50. The van der Waals surface area contributed by atoms with Crippen LogP contribution < -0.4 is 5.32 Å². The predicted octanol–water partition coefficient (Wildman–Crippen LogP) is 1.80. The standard InChI is InChI=1S/C11H21NO/c1-9-2-4-10(5-3-9)11-8-13-7-6-12-11/h9-12H,2-8H2,1H3. The Morgan fingerprint density at radius 2 is 1.92 bits per heavy atom. The highest BCUT2D eigenvalue weighted by Crippen LogP contribution is 2.30. The average Bonchev–Trinajstić information content (AvgIpc) is 2.20. The van der Waals surface area contributed by atoms with Gasteiger partial charge in [-0.1, -0.05) is 19.8 Å². The van der Waals surface area contributed by atoms with E-state index < -0.39 is 0 Å². The molecule has 1 aliphatic heterocycles. The second kappa shape index (κ2) is 4.43. The molecule has 0 aromatic rings. The number of hydrogen-bond acceptors (Lipinski definition) is 2. The second-order valence-corrected chi connectivity index (χ2v) is 4.66. The van der Waals surface area contributed by atoms with Crippen molar-refractivity contribution in [2.24, 2.45) is 11.8 Å². The van der Waals surface area contributed by atoms with Gasteiger partial charge in [0.25, 0.3) is 0 Å². The third-order valence-electron chi connectivity index (χ3n) is 3.58. The molecule has 0 radical (unpaired) electrons. The lowest BCUT2D eigenvalue weighted by atomic mass is 9.79. The molecule has 0 amide bonds. The smallest absolute Gasteiger partial charge is 0.0622 e. The predicted molar refractivity (Wildman–Crippen MR) is 53.7 cm³/mol. The number of ether oxygens (including phenoxy) is 1. The topological polar surface area (TPSA) is 21.3 Å². The van der Waals surface area contributed by atoms with E-state index in [1.807, 2.05) is 0 Å². The summed E-state index contributed by atoms with van der Waals surface area (Å²) in [6.07, 6.45) is 5.65. The van der Waals surface area contributed by atoms with Crippen molar-refractivity contribution in [3.8, 4) is 0 Å². The summed E-state index contributed by atoms with van der Waals surface area (Å²) in [5, 5.41) is 3.58. The quantitative estimate of drug-likeness (QED) is 0.669. The Morgan fingerprint density at radius 1 is 1.15 bits per heavy atom. The van der Waals surface area contributed by atoms with Crippen LogP contribution in [0.15, 0.2) is 0 Å². The Balaban J connectivity index is 1.79. The Labute approximate surface area is 81.0 Å². The van der Waals surface area contributed by atoms with Crippen LogP contribution >= 0.6 is 0 Å². The summed E-state index contributed by atoms with van der Waals surface area (Å²) in [4.78, 5) is 0. The Morgan fingerprint density at radius 3 is 2.54 bits per heavy atom. The van der Waals surface area contributed by atoms with E-state index in [0.717, 1.165) is 31.6 Å². The normalized spacial score (nSPS) is 41.8. The lowest BCUT2D eigenvalue weighted by Crippen LogP contribution is -2.46. The fourth-order valence-electron chi connectivity index (χ4n) is 2.58. The third-order valence-corrected chi connectivity index (χ3v) is 3.58. The highest BCUT2D eigenvalue weighted by Gasteiger charge is 2.27. The van der Waals surface area contributed by atoms with Crippen molar-refractivity contribution in [2.45, 2.75) is 38.6 Å². The molecular weight excluding hydrogens is 162 g/mol. The van der Waals surface area contributed by atoms with Crippen LogP contribution in [0, 0.1) is 11.8 Å². The SMILES string of the molecule is CC1CCC(C2COCCN2)CC1. The van der Waals surface area contributed by atoms with Gasteiger partial charge in [-0.2, -0.15) is 0 Å². The van der Waals surface area contributed by atoms with Gasteiger partial charge in [0.1, 0.15) is 0 Å². The molecular formula is C11H21NO. The molecule has 2 nitrogen and oxygen atoms in total. The van der Waals surface area contributed by atoms with Gasteiger partial charge in [-0.3, -0.25) is 0 Å². The van der Waals surface area contributed by atoms with Gasteiger partial charge in [-0.05, 0) is 24.7 Å². The zero-order valence-corrected chi connectivity index (χ0v) is 8.59. The highest BCUT2D eigenvalue weighted by molar-refractivity contribution is 4.82. The number of rotatable bonds is 1. The molecule has 0 aromatic carbocycles. The molecule has 1 saturated carbocycles. The largest absolute Gasteiger partial charge is 0.379 e. The van der Waals surface area contributed by atoms with Gasteiger partial charge in [-0.15, -0.1) is 0 Å². The van der Waals surface area contributed by atoms with Gasteiger partial charge in [0.2, 0.25) is 0 Å². The van der Waals surface area contributed by atoms with E-state index >= 15 is 0 Å². The molecule has 1 unspecified atom stereocenters. The van der Waals surface area contributed by atoms with E-state index in [2.05, 4.69) is 12.2 Å². The average molecular weight is 183 g/mol. The van der Waals surface area contributed by atoms with Gasteiger partial charge in [0.15, 0.2) is 0 Å². The monoisotopic (exact) mass is 183 g/mol. The Bertz CT molecular complexity index is 146. The van der Waals surface area contributed by atoms with Gasteiger partial charge in [-0.25, -0.2) is 0 Å². The first-order valence-corrected chi connectivity index (χ1v) is 5.67. The van der Waals surface area contributed by atoms with Crippen LogP contribution in [0.2, 0.25) is 0 Å². The molecule has 1 aliphatic carbocycles. The maximum atomic E-state index is 5.50. The first-order valence-electron chi connectivity index (χ1n) is 5.67. The molecule has 76 valence electrons. The molecule has 1 atom stereocenters. The molecule has 2 aliphatic rings. The summed E-state index contributed by atoms with van der Waals surface area (Å²) in [6, 6.07) is 0.654. The lowest BCUT2D eigenvalue weighted by Gasteiger charge is -2.35. The van der Waals surface area contributed by atoms with Crippen molar-refractivity contribution in [2.75, 3.05) is 19.8 Å². The van der Waals surface area contributed by atoms with Gasteiger partial charge in [0, 0.05) is 12.6 Å². The van der Waals surface area contributed by atoms with Crippen molar-refractivity contribution < 1.29 is 4.74 Å². The molecule has 2 rings (SSSR count). The summed E-state index contributed by atoms with van der Waals surface area (Å²) in [6.45, 7) is 5.27. The minimum absolute atomic E-state index is 0.654. The molecule has 1 heterocycles. The summed E-state index contributed by atoms with van der Waals surface area (Å²) >= 11 is 0. The van der Waals surface area contributed by atoms with Crippen LogP contribution in [-0.4, -0.2) is 25.8 Å². The Hall–Kier alpha value is -0.0800. The van der Waals surface area contributed by atoms with Gasteiger partial charge < -0.3 is 10.1 Å². The molecule has 1 N–H and O–H groups in total. The maximum absolute atomic E-state index is 5.50. The molecule has 2 heteroatoms. The molecule has 13 heavy (non-hydrogen) atoms. The van der Waals surface area contributed by atoms with E-state index in [1.54, 1.807) is 0 Å². The van der Waals surface area contributed by atoms with E-state index in [4.69, 9.17) is 4.74 Å². The molecule has 1 saturated heterocycles. The van der Waals surface area contributed by atoms with E-state index in [9.17, 15) is 0 Å². The fraction of sp³-hybridized carbons (Fsp3) is 1.00. The summed E-state index contributed by atoms with van der Waals surface area (Å²) in [5.74, 6) is 1.84. The van der Waals surface area contributed by atoms with Crippen LogP contribution in [0.4, 0.5) is 0 Å². The van der Waals surface area contributed by atoms with Crippen molar-refractivity contribution in [3.05, 3.63) is 0 Å². The molecule has 2 fully saturated rings. The zero-order valence-electron chi connectivity index (χ0n) is 8.59. The van der Waals surface area contributed by atoms with Crippen molar-refractivity contribution in [3.63, 3.8) is 0 Å². The van der Waals surface area contributed by atoms with E-state index in [-0.39, 0.29) is 0 Å². The van der Waals surface area contributed by atoms with Crippen LogP contribution in [0.3, 0.4) is 0 Å². The molecule has 0 spiro atoms. The number of nitrogens with one attached hydrogen (secondary N) is 1. The van der Waals surface area contributed by atoms with Gasteiger partial charge >= 0.3 is 0 Å². The van der Waals surface area contributed by atoms with Crippen molar-refractivity contribution in [1.29, 1.82) is 0 Å². The molecule has 0 aromatic heterocycles. The fourth-order valence-corrected chi connectivity index (χ4v) is 2.58. The first-order chi connectivity index (χ1) is 6.36. The molecule has 0 bridgehead atoms. The summed E-state index contributed by atoms with van der Waals surface area (Å²) in [5.41, 5.74) is 0. The van der Waals surface area contributed by atoms with Crippen molar-refractivity contribution in [1.82, 2.24) is 5.32 Å².